The van der Waals surface area contributed by atoms with Crippen LogP contribution in [0.15, 0.2) is 0 Å². The molecule has 0 unspecified atom stereocenters. The van der Waals surface area contributed by atoms with E-state index in [1.54, 1.807) is 0 Å². The first-order chi connectivity index (χ1) is 4.24. The third kappa shape index (κ3) is 1.45. The van der Waals surface area contributed by atoms with Crippen molar-refractivity contribution in [3.63, 3.8) is 0 Å². The quantitative estimate of drug-likeness (QED) is 0.546. The summed E-state index contributed by atoms with van der Waals surface area (Å²) in [5.74, 6) is 0.990. The minimum absolute atomic E-state index is 0.907. The highest BCUT2D eigenvalue weighted by atomic mass is 15.1. The van der Waals surface area contributed by atoms with Gasteiger partial charge in [-0.15, -0.1) is 0 Å². The van der Waals surface area contributed by atoms with Gasteiger partial charge in [-0.1, -0.05) is 13.8 Å². The highest BCUT2D eigenvalue weighted by molar-refractivity contribution is 4.82. The third-order valence-corrected chi connectivity index (χ3v) is 2.47. The molecule has 0 aliphatic heterocycles. The molecule has 0 aromatic heterocycles. The first-order valence-corrected chi connectivity index (χ1v) is 3.94. The molecular formula is C8H17N. The lowest BCUT2D eigenvalue weighted by Crippen LogP contribution is -2.41. The van der Waals surface area contributed by atoms with Crippen molar-refractivity contribution < 1.29 is 0 Å². The predicted octanol–water partition coefficient (Wildman–Crippen LogP) is 1.74. The summed E-state index contributed by atoms with van der Waals surface area (Å²) in [6.45, 7) is 5.76. The van der Waals surface area contributed by atoms with Crippen LogP contribution in [0, 0.1) is 5.92 Å². The molecule has 1 fully saturated rings. The van der Waals surface area contributed by atoms with Crippen LogP contribution in [0.2, 0.25) is 0 Å². The van der Waals surface area contributed by atoms with E-state index in [4.69, 9.17) is 0 Å². The monoisotopic (exact) mass is 127 g/mol. The summed E-state index contributed by atoms with van der Waals surface area (Å²) >= 11 is 0. The minimum atomic E-state index is 0.907. The number of hydrogen-bond donors (Lipinski definition) is 0. The predicted molar refractivity (Wildman–Crippen MR) is 40.5 cm³/mol. The second kappa shape index (κ2) is 2.70. The van der Waals surface area contributed by atoms with Gasteiger partial charge in [0.25, 0.3) is 0 Å². The van der Waals surface area contributed by atoms with Gasteiger partial charge in [-0.3, -0.25) is 0 Å². The Morgan fingerprint density at radius 3 is 2.33 bits per heavy atom. The molecule has 54 valence electrons. The summed E-state index contributed by atoms with van der Waals surface area (Å²) in [6, 6.07) is 0.907. The molecule has 0 amide bonds. The van der Waals surface area contributed by atoms with Crippen molar-refractivity contribution in [2.75, 3.05) is 13.6 Å². The Bertz CT molecular complexity index is 84.6. The van der Waals surface area contributed by atoms with Crippen LogP contribution in [0.25, 0.3) is 0 Å². The van der Waals surface area contributed by atoms with E-state index >= 15 is 0 Å². The summed E-state index contributed by atoms with van der Waals surface area (Å²) in [7, 11) is 2.22. The Labute approximate surface area is 58.0 Å². The molecular weight excluding hydrogens is 110 g/mol. The van der Waals surface area contributed by atoms with Crippen molar-refractivity contribution in [2.24, 2.45) is 5.92 Å². The molecule has 1 saturated carbocycles. The molecule has 0 aromatic carbocycles. The molecule has 9 heavy (non-hydrogen) atoms. The van der Waals surface area contributed by atoms with Gasteiger partial charge >= 0.3 is 0 Å². The van der Waals surface area contributed by atoms with Gasteiger partial charge in [0.05, 0.1) is 0 Å². The maximum Gasteiger partial charge on any atom is 0.00971 e. The Morgan fingerprint density at radius 2 is 2.00 bits per heavy atom. The second-order valence-electron chi connectivity index (χ2n) is 3.30. The zero-order chi connectivity index (χ0) is 6.85. The van der Waals surface area contributed by atoms with Crippen LogP contribution < -0.4 is 0 Å². The molecule has 1 heteroatoms. The van der Waals surface area contributed by atoms with Gasteiger partial charge in [-0.05, 0) is 32.4 Å². The first-order valence-electron chi connectivity index (χ1n) is 3.94. The fourth-order valence-electron chi connectivity index (χ4n) is 1.48. The van der Waals surface area contributed by atoms with Crippen LogP contribution in [0.3, 0.4) is 0 Å². The Morgan fingerprint density at radius 1 is 1.44 bits per heavy atom. The van der Waals surface area contributed by atoms with E-state index < -0.39 is 0 Å². The van der Waals surface area contributed by atoms with Crippen LogP contribution in [-0.2, 0) is 0 Å². The largest absolute Gasteiger partial charge is 0.304 e. The average Bonchev–Trinajstić information content (AvgIpc) is 1.79. The topological polar surface area (TPSA) is 3.24 Å². The lowest BCUT2D eigenvalue weighted by molar-refractivity contribution is 0.116. The Balaban J connectivity index is 2.15. The normalized spacial score (nSPS) is 34.7. The molecule has 0 radical (unpaired) electrons. The van der Waals surface area contributed by atoms with Crippen molar-refractivity contribution in [1.29, 1.82) is 0 Å². The van der Waals surface area contributed by atoms with Gasteiger partial charge in [0, 0.05) is 6.04 Å². The van der Waals surface area contributed by atoms with Crippen LogP contribution in [0.5, 0.6) is 0 Å². The van der Waals surface area contributed by atoms with E-state index in [-0.39, 0.29) is 0 Å². The van der Waals surface area contributed by atoms with Gasteiger partial charge in [0.1, 0.15) is 0 Å². The lowest BCUT2D eigenvalue weighted by atomic mass is 9.81. The van der Waals surface area contributed by atoms with Gasteiger partial charge in [-0.25, -0.2) is 0 Å². The summed E-state index contributed by atoms with van der Waals surface area (Å²) in [5, 5.41) is 0. The van der Waals surface area contributed by atoms with E-state index in [9.17, 15) is 0 Å². The second-order valence-corrected chi connectivity index (χ2v) is 3.30. The minimum Gasteiger partial charge on any atom is -0.304 e. The summed E-state index contributed by atoms with van der Waals surface area (Å²) in [4.78, 5) is 2.44. The molecule has 0 heterocycles. The van der Waals surface area contributed by atoms with Crippen molar-refractivity contribution in [2.45, 2.75) is 32.7 Å². The van der Waals surface area contributed by atoms with E-state index in [0.29, 0.717) is 0 Å². The van der Waals surface area contributed by atoms with Crippen LogP contribution >= 0.6 is 0 Å². The van der Waals surface area contributed by atoms with Gasteiger partial charge in [0.15, 0.2) is 0 Å². The molecule has 1 aliphatic carbocycles. The zero-order valence-corrected chi connectivity index (χ0v) is 6.72. The van der Waals surface area contributed by atoms with Gasteiger partial charge < -0.3 is 4.90 Å². The number of hydrogen-bond acceptors (Lipinski definition) is 1. The maximum absolute atomic E-state index is 2.44. The summed E-state index contributed by atoms with van der Waals surface area (Å²) in [5.41, 5.74) is 0. The van der Waals surface area contributed by atoms with Crippen LogP contribution in [0.1, 0.15) is 26.7 Å². The fourth-order valence-corrected chi connectivity index (χ4v) is 1.48. The maximum atomic E-state index is 2.44. The molecule has 0 aromatic rings. The zero-order valence-electron chi connectivity index (χ0n) is 6.72. The molecule has 1 rings (SSSR count). The van der Waals surface area contributed by atoms with E-state index in [1.165, 1.54) is 19.4 Å². The number of nitrogens with zero attached hydrogens (tertiary/aromatic N) is 1. The van der Waals surface area contributed by atoms with Crippen molar-refractivity contribution >= 4 is 0 Å². The van der Waals surface area contributed by atoms with Crippen molar-refractivity contribution in [3.05, 3.63) is 0 Å². The Kier molecular flexibility index (Phi) is 2.12. The molecule has 0 N–H and O–H groups in total. The highest BCUT2D eigenvalue weighted by Crippen LogP contribution is 2.29. The van der Waals surface area contributed by atoms with E-state index in [2.05, 4.69) is 25.8 Å². The SMILES string of the molecule is CCN(C)C1CC(C)C1. The molecule has 0 saturated heterocycles. The van der Waals surface area contributed by atoms with Gasteiger partial charge in [0.2, 0.25) is 0 Å². The summed E-state index contributed by atoms with van der Waals surface area (Å²) in [6.07, 6.45) is 2.84. The van der Waals surface area contributed by atoms with E-state index in [0.717, 1.165) is 12.0 Å². The molecule has 1 nitrogen and oxygen atoms in total. The van der Waals surface area contributed by atoms with E-state index in [1.807, 2.05) is 0 Å². The third-order valence-electron chi connectivity index (χ3n) is 2.47. The van der Waals surface area contributed by atoms with Crippen molar-refractivity contribution in [3.8, 4) is 0 Å². The highest BCUT2D eigenvalue weighted by Gasteiger charge is 2.27. The molecule has 1 aliphatic rings. The van der Waals surface area contributed by atoms with Crippen LogP contribution in [0.4, 0.5) is 0 Å². The first kappa shape index (κ1) is 7.07. The lowest BCUT2D eigenvalue weighted by Gasteiger charge is -2.39. The smallest absolute Gasteiger partial charge is 0.00971 e. The summed E-state index contributed by atoms with van der Waals surface area (Å²) < 4.78 is 0. The fraction of sp³-hybridized carbons (Fsp3) is 1.00. The number of rotatable bonds is 2. The van der Waals surface area contributed by atoms with Crippen LogP contribution in [-0.4, -0.2) is 24.5 Å². The molecule has 0 atom stereocenters. The molecule has 0 spiro atoms. The average molecular weight is 127 g/mol. The van der Waals surface area contributed by atoms with Crippen molar-refractivity contribution in [1.82, 2.24) is 4.90 Å². The molecule has 0 bridgehead atoms. The van der Waals surface area contributed by atoms with Gasteiger partial charge in [-0.2, -0.15) is 0 Å². The standard InChI is InChI=1S/C8H17N/c1-4-9(3)8-5-7(2)6-8/h7-8H,4-6H2,1-3H3. The Hall–Kier alpha value is -0.0400.